The molecule has 6 heteroatoms. The second kappa shape index (κ2) is 8.05. The van der Waals surface area contributed by atoms with E-state index in [4.69, 9.17) is 9.57 Å². The van der Waals surface area contributed by atoms with Gasteiger partial charge in [0, 0.05) is 24.1 Å². The molecule has 2 amide bonds. The van der Waals surface area contributed by atoms with E-state index in [2.05, 4.69) is 17.1 Å². The van der Waals surface area contributed by atoms with Crippen molar-refractivity contribution >= 4 is 11.7 Å². The Balaban J connectivity index is 2.01. The normalized spacial score (nSPS) is 16.6. The Morgan fingerprint density at radius 1 is 1.48 bits per heavy atom. The molecule has 1 aliphatic rings. The van der Waals surface area contributed by atoms with Crippen LogP contribution in [0, 0.1) is 0 Å². The highest BCUT2D eigenvalue weighted by atomic mass is 16.6. The molecule has 1 heterocycles. The Morgan fingerprint density at radius 2 is 2.20 bits per heavy atom. The van der Waals surface area contributed by atoms with Crippen molar-refractivity contribution in [2.24, 2.45) is 5.16 Å². The summed E-state index contributed by atoms with van der Waals surface area (Å²) < 4.78 is 5.38. The standard InChI is InChI=1S/C19H27N3O3/c1-6-11-22(18(23)20-19(2,3)4)13-14-12-16(21-25-14)15-9-7-8-10-17(15)24-5/h6-10,14H,1,11-13H2,2-5H3,(H,20,23). The third-order valence-corrected chi connectivity index (χ3v) is 3.69. The van der Waals surface area contributed by atoms with Crippen LogP contribution in [0.2, 0.25) is 0 Å². The van der Waals surface area contributed by atoms with Crippen LogP contribution in [-0.2, 0) is 4.84 Å². The van der Waals surface area contributed by atoms with Crippen LogP contribution in [-0.4, -0.2) is 48.5 Å². The minimum Gasteiger partial charge on any atom is -0.496 e. The number of methoxy groups -OCH3 is 1. The van der Waals surface area contributed by atoms with E-state index < -0.39 is 0 Å². The summed E-state index contributed by atoms with van der Waals surface area (Å²) in [6, 6.07) is 7.57. The Kier molecular flexibility index (Phi) is 6.07. The molecule has 1 aromatic carbocycles. The maximum Gasteiger partial charge on any atom is 0.318 e. The van der Waals surface area contributed by atoms with Crippen molar-refractivity contribution in [1.82, 2.24) is 10.2 Å². The van der Waals surface area contributed by atoms with Crippen LogP contribution in [0.15, 0.2) is 42.1 Å². The highest BCUT2D eigenvalue weighted by molar-refractivity contribution is 6.03. The number of hydrogen-bond donors (Lipinski definition) is 1. The molecule has 1 unspecified atom stereocenters. The number of hydrogen-bond acceptors (Lipinski definition) is 4. The molecule has 6 nitrogen and oxygen atoms in total. The predicted octanol–water partition coefficient (Wildman–Crippen LogP) is 3.18. The summed E-state index contributed by atoms with van der Waals surface area (Å²) in [5.41, 5.74) is 1.45. The van der Waals surface area contributed by atoms with E-state index in [9.17, 15) is 4.79 Å². The Bertz CT molecular complexity index is 650. The molecule has 1 N–H and O–H groups in total. The Labute approximate surface area is 149 Å². The van der Waals surface area contributed by atoms with E-state index in [1.54, 1.807) is 18.1 Å². The van der Waals surface area contributed by atoms with Gasteiger partial charge >= 0.3 is 6.03 Å². The minimum absolute atomic E-state index is 0.137. The summed E-state index contributed by atoms with van der Waals surface area (Å²) in [5.74, 6) is 0.763. The van der Waals surface area contributed by atoms with Gasteiger partial charge in [0.05, 0.1) is 19.4 Å². The van der Waals surface area contributed by atoms with Gasteiger partial charge in [-0.25, -0.2) is 4.79 Å². The number of rotatable bonds is 6. The van der Waals surface area contributed by atoms with Crippen LogP contribution in [0.4, 0.5) is 4.79 Å². The van der Waals surface area contributed by atoms with E-state index >= 15 is 0 Å². The van der Waals surface area contributed by atoms with Crippen molar-refractivity contribution in [2.75, 3.05) is 20.2 Å². The second-order valence-corrected chi connectivity index (χ2v) is 7.04. The molecule has 2 rings (SSSR count). The van der Waals surface area contributed by atoms with Crippen LogP contribution in [0.1, 0.15) is 32.8 Å². The fourth-order valence-corrected chi connectivity index (χ4v) is 2.61. The van der Waals surface area contributed by atoms with Crippen LogP contribution in [0.5, 0.6) is 5.75 Å². The quantitative estimate of drug-likeness (QED) is 0.806. The molecule has 136 valence electrons. The van der Waals surface area contributed by atoms with Gasteiger partial charge in [-0.3, -0.25) is 0 Å². The van der Waals surface area contributed by atoms with Crippen molar-refractivity contribution in [3.05, 3.63) is 42.5 Å². The predicted molar refractivity (Wildman–Crippen MR) is 99.1 cm³/mol. The molecule has 0 radical (unpaired) electrons. The van der Waals surface area contributed by atoms with Gasteiger partial charge < -0.3 is 19.8 Å². The molecule has 0 saturated carbocycles. The highest BCUT2D eigenvalue weighted by Crippen LogP contribution is 2.24. The van der Waals surface area contributed by atoms with Gasteiger partial charge in [-0.2, -0.15) is 0 Å². The SMILES string of the molecule is C=CCN(CC1CC(c2ccccc2OC)=NO1)C(=O)NC(C)(C)C. The van der Waals surface area contributed by atoms with Gasteiger partial charge in [0.2, 0.25) is 0 Å². The van der Waals surface area contributed by atoms with E-state index in [1.165, 1.54) is 0 Å². The first-order valence-electron chi connectivity index (χ1n) is 8.38. The summed E-state index contributed by atoms with van der Waals surface area (Å²) in [7, 11) is 1.63. The van der Waals surface area contributed by atoms with E-state index in [-0.39, 0.29) is 17.7 Å². The summed E-state index contributed by atoms with van der Waals surface area (Å²) in [6.07, 6.45) is 2.14. The Morgan fingerprint density at radius 3 is 2.84 bits per heavy atom. The van der Waals surface area contributed by atoms with Crippen LogP contribution < -0.4 is 10.1 Å². The molecule has 1 aromatic rings. The first-order chi connectivity index (χ1) is 11.8. The zero-order valence-electron chi connectivity index (χ0n) is 15.4. The van der Waals surface area contributed by atoms with E-state index in [0.717, 1.165) is 17.0 Å². The average molecular weight is 345 g/mol. The zero-order chi connectivity index (χ0) is 18.4. The smallest absolute Gasteiger partial charge is 0.318 e. The largest absolute Gasteiger partial charge is 0.496 e. The molecule has 0 aromatic heterocycles. The first kappa shape index (κ1) is 18.8. The summed E-state index contributed by atoms with van der Waals surface area (Å²) in [4.78, 5) is 19.7. The van der Waals surface area contributed by atoms with Crippen molar-refractivity contribution < 1.29 is 14.4 Å². The number of oxime groups is 1. The van der Waals surface area contributed by atoms with Gasteiger partial charge in [0.25, 0.3) is 0 Å². The lowest BCUT2D eigenvalue weighted by Gasteiger charge is -2.28. The molecule has 0 fully saturated rings. The summed E-state index contributed by atoms with van der Waals surface area (Å²) >= 11 is 0. The average Bonchev–Trinajstić information content (AvgIpc) is 3.01. The number of nitrogens with zero attached hydrogens (tertiary/aromatic N) is 2. The lowest BCUT2D eigenvalue weighted by molar-refractivity contribution is 0.0621. The van der Waals surface area contributed by atoms with Gasteiger partial charge in [0.15, 0.2) is 6.10 Å². The molecule has 0 bridgehead atoms. The first-order valence-corrected chi connectivity index (χ1v) is 8.38. The molecule has 1 aliphatic heterocycles. The lowest BCUT2D eigenvalue weighted by atomic mass is 10.0. The minimum atomic E-state index is -0.300. The summed E-state index contributed by atoms with van der Waals surface area (Å²) in [5, 5.41) is 7.16. The number of benzene rings is 1. The van der Waals surface area contributed by atoms with Crippen molar-refractivity contribution in [1.29, 1.82) is 0 Å². The monoisotopic (exact) mass is 345 g/mol. The number of nitrogens with one attached hydrogen (secondary N) is 1. The molecule has 0 spiro atoms. The topological polar surface area (TPSA) is 63.2 Å². The van der Waals surface area contributed by atoms with Crippen molar-refractivity contribution in [3.8, 4) is 5.75 Å². The molecular weight excluding hydrogens is 318 g/mol. The molecule has 25 heavy (non-hydrogen) atoms. The van der Waals surface area contributed by atoms with Gasteiger partial charge in [-0.05, 0) is 32.9 Å². The lowest BCUT2D eigenvalue weighted by Crippen LogP contribution is -2.50. The van der Waals surface area contributed by atoms with Gasteiger partial charge in [0.1, 0.15) is 5.75 Å². The number of ether oxygens (including phenoxy) is 1. The number of urea groups is 1. The number of para-hydroxylation sites is 1. The van der Waals surface area contributed by atoms with Crippen LogP contribution in [0.25, 0.3) is 0 Å². The molecular formula is C19H27N3O3. The zero-order valence-corrected chi connectivity index (χ0v) is 15.4. The number of carbonyl (C=O) groups excluding carboxylic acids is 1. The van der Waals surface area contributed by atoms with Crippen molar-refractivity contribution in [2.45, 2.75) is 38.8 Å². The number of carbonyl (C=O) groups is 1. The van der Waals surface area contributed by atoms with E-state index in [1.807, 2.05) is 45.0 Å². The maximum atomic E-state index is 12.4. The highest BCUT2D eigenvalue weighted by Gasteiger charge is 2.28. The molecule has 0 saturated heterocycles. The second-order valence-electron chi connectivity index (χ2n) is 7.04. The third-order valence-electron chi connectivity index (χ3n) is 3.69. The van der Waals surface area contributed by atoms with E-state index in [0.29, 0.717) is 19.5 Å². The number of amides is 2. The van der Waals surface area contributed by atoms with Gasteiger partial charge in [-0.1, -0.05) is 23.4 Å². The molecule has 0 aliphatic carbocycles. The Hall–Kier alpha value is -2.50. The maximum absolute atomic E-state index is 12.4. The third kappa shape index (κ3) is 5.24. The van der Waals surface area contributed by atoms with Gasteiger partial charge in [-0.15, -0.1) is 6.58 Å². The molecule has 1 atom stereocenters. The summed E-state index contributed by atoms with van der Waals surface area (Å²) in [6.45, 7) is 10.5. The van der Waals surface area contributed by atoms with Crippen LogP contribution in [0.3, 0.4) is 0 Å². The van der Waals surface area contributed by atoms with Crippen LogP contribution >= 0.6 is 0 Å². The fraction of sp³-hybridized carbons (Fsp3) is 0.474. The van der Waals surface area contributed by atoms with Crippen molar-refractivity contribution in [3.63, 3.8) is 0 Å². The fourth-order valence-electron chi connectivity index (χ4n) is 2.61.